The van der Waals surface area contributed by atoms with Crippen LogP contribution in [0.25, 0.3) is 0 Å². The molecule has 11 heteroatoms. The number of carbonyl (C=O) groups is 4. The third-order valence-corrected chi connectivity index (χ3v) is 6.16. The van der Waals surface area contributed by atoms with Crippen molar-refractivity contribution in [3.63, 3.8) is 0 Å². The zero-order valence-electron chi connectivity index (χ0n) is 17.4. The van der Waals surface area contributed by atoms with Gasteiger partial charge in [0.05, 0.1) is 33.8 Å². The number of carboxylic acids is 1. The van der Waals surface area contributed by atoms with Crippen molar-refractivity contribution in [3.8, 4) is 0 Å². The Labute approximate surface area is 193 Å². The Morgan fingerprint density at radius 2 is 1.56 bits per heavy atom. The molecule has 3 aromatic carbocycles. The summed E-state index contributed by atoms with van der Waals surface area (Å²) in [5, 5.41) is 16.8. The van der Waals surface area contributed by atoms with Crippen LogP contribution in [0.4, 0.5) is 5.69 Å². The molecule has 0 spiro atoms. The Hall–Kier alpha value is -4.35. The SMILES string of the molecule is NS(=O)(=O)c1ccc(CN2C(=O)c3ccc(C(=O)Nc4ccccc4C(=O)O)cc3C2=O)cc1. The van der Waals surface area contributed by atoms with Crippen LogP contribution in [-0.4, -0.2) is 42.1 Å². The van der Waals surface area contributed by atoms with Gasteiger partial charge in [-0.15, -0.1) is 0 Å². The van der Waals surface area contributed by atoms with Crippen LogP contribution in [0.15, 0.2) is 71.6 Å². The molecule has 1 heterocycles. The molecule has 0 atom stereocenters. The molecule has 0 aliphatic carbocycles. The number of amides is 3. The molecule has 3 amide bonds. The van der Waals surface area contributed by atoms with E-state index in [1.165, 1.54) is 60.7 Å². The number of carboxylic acid groups (broad SMARTS) is 1. The number of hydrogen-bond donors (Lipinski definition) is 3. The Morgan fingerprint density at radius 1 is 0.912 bits per heavy atom. The van der Waals surface area contributed by atoms with E-state index < -0.39 is 33.7 Å². The molecule has 10 nitrogen and oxygen atoms in total. The van der Waals surface area contributed by atoms with Crippen molar-refractivity contribution < 1.29 is 32.7 Å². The second kappa shape index (κ2) is 8.54. The molecule has 0 fully saturated rings. The summed E-state index contributed by atoms with van der Waals surface area (Å²) in [5.41, 5.74) is 0.721. The molecular formula is C23H17N3O7S. The van der Waals surface area contributed by atoms with Crippen LogP contribution in [0.1, 0.15) is 47.0 Å². The summed E-state index contributed by atoms with van der Waals surface area (Å²) >= 11 is 0. The second-order valence-electron chi connectivity index (χ2n) is 7.45. The average Bonchev–Trinajstić information content (AvgIpc) is 3.03. The fraction of sp³-hybridized carbons (Fsp3) is 0.0435. The first-order chi connectivity index (χ1) is 16.1. The van der Waals surface area contributed by atoms with Crippen LogP contribution in [0.3, 0.4) is 0 Å². The maximum absolute atomic E-state index is 12.9. The number of benzene rings is 3. The lowest BCUT2D eigenvalue weighted by Gasteiger charge is -2.14. The maximum Gasteiger partial charge on any atom is 0.337 e. The normalized spacial score (nSPS) is 13.0. The average molecular weight is 479 g/mol. The van der Waals surface area contributed by atoms with E-state index in [0.29, 0.717) is 5.56 Å². The Morgan fingerprint density at radius 3 is 2.21 bits per heavy atom. The van der Waals surface area contributed by atoms with Gasteiger partial charge >= 0.3 is 5.97 Å². The van der Waals surface area contributed by atoms with Crippen LogP contribution >= 0.6 is 0 Å². The molecule has 4 N–H and O–H groups in total. The summed E-state index contributed by atoms with van der Waals surface area (Å²) in [6.45, 7) is -0.106. The van der Waals surface area contributed by atoms with Gasteiger partial charge in [0, 0.05) is 5.56 Å². The van der Waals surface area contributed by atoms with Gasteiger partial charge in [-0.2, -0.15) is 0 Å². The highest BCUT2D eigenvalue weighted by atomic mass is 32.2. The lowest BCUT2D eigenvalue weighted by atomic mass is 10.0. The number of aromatic carboxylic acids is 1. The van der Waals surface area contributed by atoms with E-state index in [1.807, 2.05) is 0 Å². The van der Waals surface area contributed by atoms with Crippen molar-refractivity contribution in [2.75, 3.05) is 5.32 Å². The smallest absolute Gasteiger partial charge is 0.337 e. The lowest BCUT2D eigenvalue weighted by Crippen LogP contribution is -2.29. The van der Waals surface area contributed by atoms with Crippen molar-refractivity contribution in [1.29, 1.82) is 0 Å². The molecule has 34 heavy (non-hydrogen) atoms. The van der Waals surface area contributed by atoms with Crippen LogP contribution < -0.4 is 10.5 Å². The van der Waals surface area contributed by atoms with Crippen LogP contribution in [0.5, 0.6) is 0 Å². The van der Waals surface area contributed by atoms with Crippen molar-refractivity contribution in [2.45, 2.75) is 11.4 Å². The Balaban J connectivity index is 1.55. The maximum atomic E-state index is 12.9. The van der Waals surface area contributed by atoms with Gasteiger partial charge in [-0.05, 0) is 48.0 Å². The molecule has 172 valence electrons. The van der Waals surface area contributed by atoms with Gasteiger partial charge in [0.25, 0.3) is 17.7 Å². The zero-order chi connectivity index (χ0) is 24.6. The number of nitrogens with two attached hydrogens (primary N) is 1. The van der Waals surface area contributed by atoms with E-state index in [2.05, 4.69) is 5.32 Å². The van der Waals surface area contributed by atoms with E-state index in [1.54, 1.807) is 6.07 Å². The van der Waals surface area contributed by atoms with Crippen molar-refractivity contribution >= 4 is 39.4 Å². The topological polar surface area (TPSA) is 164 Å². The number of anilines is 1. The third-order valence-electron chi connectivity index (χ3n) is 5.23. The number of para-hydroxylation sites is 1. The standard InChI is InChI=1S/C23H17N3O7S/c24-34(32,33)15-8-5-13(6-9-15)12-26-21(28)16-10-7-14(11-18(16)22(26)29)20(27)25-19-4-2-1-3-17(19)23(30)31/h1-11H,12H2,(H,25,27)(H,30,31)(H2,24,32,33). The highest BCUT2D eigenvalue weighted by Gasteiger charge is 2.36. The summed E-state index contributed by atoms with van der Waals surface area (Å²) in [6.07, 6.45) is 0. The fourth-order valence-electron chi connectivity index (χ4n) is 3.52. The van der Waals surface area contributed by atoms with Crippen LogP contribution in [-0.2, 0) is 16.6 Å². The van der Waals surface area contributed by atoms with Crippen LogP contribution in [0.2, 0.25) is 0 Å². The highest BCUT2D eigenvalue weighted by Crippen LogP contribution is 2.26. The number of sulfonamides is 1. The first-order valence-electron chi connectivity index (χ1n) is 9.82. The van der Waals surface area contributed by atoms with Gasteiger partial charge in [0.15, 0.2) is 0 Å². The van der Waals surface area contributed by atoms with E-state index in [4.69, 9.17) is 5.14 Å². The number of primary sulfonamides is 1. The van der Waals surface area contributed by atoms with Gasteiger partial charge in [-0.1, -0.05) is 24.3 Å². The first kappa shape index (κ1) is 22.8. The number of imide groups is 1. The zero-order valence-corrected chi connectivity index (χ0v) is 18.2. The number of nitrogens with one attached hydrogen (secondary N) is 1. The largest absolute Gasteiger partial charge is 0.478 e. The van der Waals surface area contributed by atoms with Gasteiger partial charge in [0.2, 0.25) is 10.0 Å². The molecule has 0 unspecified atom stereocenters. The van der Waals surface area contributed by atoms with Crippen molar-refractivity contribution in [2.24, 2.45) is 5.14 Å². The van der Waals surface area contributed by atoms with Crippen molar-refractivity contribution in [1.82, 2.24) is 4.90 Å². The number of hydrogen-bond acceptors (Lipinski definition) is 6. The highest BCUT2D eigenvalue weighted by molar-refractivity contribution is 7.89. The Kier molecular flexibility index (Phi) is 5.73. The van der Waals surface area contributed by atoms with Crippen molar-refractivity contribution in [3.05, 3.63) is 94.5 Å². The molecule has 0 saturated heterocycles. The summed E-state index contributed by atoms with van der Waals surface area (Å²) in [5.74, 6) is -3.03. The molecule has 0 bridgehead atoms. The summed E-state index contributed by atoms with van der Waals surface area (Å²) in [7, 11) is -3.87. The summed E-state index contributed by atoms with van der Waals surface area (Å²) in [6, 6.07) is 15.3. The molecule has 4 rings (SSSR count). The number of rotatable bonds is 6. The third kappa shape index (κ3) is 4.29. The quantitative estimate of drug-likeness (QED) is 0.456. The van der Waals surface area contributed by atoms with E-state index in [9.17, 15) is 32.7 Å². The number of carbonyl (C=O) groups excluding carboxylic acids is 3. The lowest BCUT2D eigenvalue weighted by molar-refractivity contribution is 0.0639. The summed E-state index contributed by atoms with van der Waals surface area (Å²) < 4.78 is 22.8. The van der Waals surface area contributed by atoms with E-state index in [-0.39, 0.29) is 39.4 Å². The predicted octanol–water partition coefficient (Wildman–Crippen LogP) is 2.08. The molecule has 1 aliphatic rings. The fourth-order valence-corrected chi connectivity index (χ4v) is 4.03. The molecule has 0 saturated carbocycles. The first-order valence-corrected chi connectivity index (χ1v) is 11.4. The minimum atomic E-state index is -3.87. The number of fused-ring (bicyclic) bond motifs is 1. The predicted molar refractivity (Wildman–Crippen MR) is 120 cm³/mol. The molecule has 3 aromatic rings. The monoisotopic (exact) mass is 479 g/mol. The summed E-state index contributed by atoms with van der Waals surface area (Å²) in [4.78, 5) is 50.6. The van der Waals surface area contributed by atoms with Gasteiger partial charge in [-0.25, -0.2) is 18.4 Å². The van der Waals surface area contributed by atoms with E-state index >= 15 is 0 Å². The minimum Gasteiger partial charge on any atom is -0.478 e. The van der Waals surface area contributed by atoms with Crippen LogP contribution in [0, 0.1) is 0 Å². The van der Waals surface area contributed by atoms with E-state index in [0.717, 1.165) is 4.90 Å². The second-order valence-corrected chi connectivity index (χ2v) is 9.01. The van der Waals surface area contributed by atoms with Gasteiger partial charge < -0.3 is 10.4 Å². The molecule has 0 radical (unpaired) electrons. The molecule has 1 aliphatic heterocycles. The molecule has 0 aromatic heterocycles. The molecular weight excluding hydrogens is 462 g/mol. The van der Waals surface area contributed by atoms with Gasteiger partial charge in [0.1, 0.15) is 0 Å². The van der Waals surface area contributed by atoms with Gasteiger partial charge in [-0.3, -0.25) is 19.3 Å². The number of nitrogens with zero attached hydrogens (tertiary/aromatic N) is 1. The minimum absolute atomic E-state index is 0.0327. The Bertz CT molecular complexity index is 1460.